The van der Waals surface area contributed by atoms with Crippen molar-refractivity contribution in [2.45, 2.75) is 0 Å². The number of amides is 1. The van der Waals surface area contributed by atoms with Gasteiger partial charge in [-0.1, -0.05) is 28.1 Å². The molecule has 21 heavy (non-hydrogen) atoms. The number of hydrogen-bond acceptors (Lipinski definition) is 4. The van der Waals surface area contributed by atoms with Crippen LogP contribution in [0.15, 0.2) is 52.0 Å². The fourth-order valence-corrected chi connectivity index (χ4v) is 2.27. The number of nitrogens with zero attached hydrogens (tertiary/aromatic N) is 1. The molecular weight excluding hydrogens is 336 g/mol. The van der Waals surface area contributed by atoms with E-state index in [0.29, 0.717) is 17.1 Å². The Labute approximate surface area is 129 Å². The number of ether oxygens (including phenoxy) is 2. The SMILES string of the molecule is O=C(N/N=C\c1cccc(Br)c1)c1ccc2c(c1)OCO2. The number of hydrazone groups is 1. The van der Waals surface area contributed by atoms with E-state index in [4.69, 9.17) is 9.47 Å². The van der Waals surface area contributed by atoms with Crippen LogP contribution in [0.1, 0.15) is 15.9 Å². The fourth-order valence-electron chi connectivity index (χ4n) is 1.85. The van der Waals surface area contributed by atoms with Gasteiger partial charge in [-0.15, -0.1) is 0 Å². The van der Waals surface area contributed by atoms with Crippen LogP contribution in [0, 0.1) is 0 Å². The molecule has 2 aromatic rings. The molecule has 1 aliphatic rings. The van der Waals surface area contributed by atoms with Crippen molar-refractivity contribution in [1.82, 2.24) is 5.43 Å². The zero-order chi connectivity index (χ0) is 14.7. The molecule has 1 heterocycles. The van der Waals surface area contributed by atoms with E-state index in [-0.39, 0.29) is 12.7 Å². The van der Waals surface area contributed by atoms with E-state index in [9.17, 15) is 4.79 Å². The molecule has 2 aromatic carbocycles. The third-order valence-corrected chi connectivity index (χ3v) is 3.36. The quantitative estimate of drug-likeness (QED) is 0.686. The number of benzene rings is 2. The van der Waals surface area contributed by atoms with Gasteiger partial charge in [0, 0.05) is 10.0 Å². The van der Waals surface area contributed by atoms with Crippen LogP contribution < -0.4 is 14.9 Å². The van der Waals surface area contributed by atoms with Gasteiger partial charge in [-0.25, -0.2) is 5.43 Å². The average Bonchev–Trinajstić information content (AvgIpc) is 2.94. The van der Waals surface area contributed by atoms with E-state index in [1.165, 1.54) is 0 Å². The molecule has 0 spiro atoms. The number of carbonyl (C=O) groups is 1. The molecule has 1 amide bonds. The minimum atomic E-state index is -0.306. The summed E-state index contributed by atoms with van der Waals surface area (Å²) in [5, 5.41) is 3.94. The minimum absolute atomic E-state index is 0.182. The van der Waals surface area contributed by atoms with Crippen molar-refractivity contribution in [1.29, 1.82) is 0 Å². The van der Waals surface area contributed by atoms with E-state index in [0.717, 1.165) is 10.0 Å². The predicted molar refractivity (Wildman–Crippen MR) is 81.8 cm³/mol. The van der Waals surface area contributed by atoms with Crippen LogP contribution >= 0.6 is 15.9 Å². The van der Waals surface area contributed by atoms with Crippen LogP contribution in [0.4, 0.5) is 0 Å². The number of rotatable bonds is 3. The van der Waals surface area contributed by atoms with Crippen molar-refractivity contribution in [3.05, 3.63) is 58.1 Å². The Morgan fingerprint density at radius 1 is 1.19 bits per heavy atom. The Balaban J connectivity index is 1.66. The first-order chi connectivity index (χ1) is 10.2. The Morgan fingerprint density at radius 3 is 2.90 bits per heavy atom. The second-order valence-corrected chi connectivity index (χ2v) is 5.24. The third-order valence-electron chi connectivity index (χ3n) is 2.86. The van der Waals surface area contributed by atoms with Gasteiger partial charge in [0.2, 0.25) is 6.79 Å². The number of nitrogens with one attached hydrogen (secondary N) is 1. The van der Waals surface area contributed by atoms with Crippen molar-refractivity contribution in [2.75, 3.05) is 6.79 Å². The zero-order valence-electron chi connectivity index (χ0n) is 10.9. The normalized spacial score (nSPS) is 12.6. The first-order valence-electron chi connectivity index (χ1n) is 6.21. The molecule has 0 saturated heterocycles. The average molecular weight is 347 g/mol. The molecule has 0 radical (unpaired) electrons. The summed E-state index contributed by atoms with van der Waals surface area (Å²) in [6.45, 7) is 0.182. The minimum Gasteiger partial charge on any atom is -0.454 e. The first kappa shape index (κ1) is 13.6. The van der Waals surface area contributed by atoms with Crippen LogP contribution in [-0.4, -0.2) is 18.9 Å². The number of halogens is 1. The van der Waals surface area contributed by atoms with Gasteiger partial charge in [0.1, 0.15) is 0 Å². The first-order valence-corrected chi connectivity index (χ1v) is 7.00. The summed E-state index contributed by atoms with van der Waals surface area (Å²) >= 11 is 3.37. The molecule has 0 fully saturated rings. The molecular formula is C15H11BrN2O3. The highest BCUT2D eigenvalue weighted by molar-refractivity contribution is 9.10. The summed E-state index contributed by atoms with van der Waals surface area (Å²) in [4.78, 5) is 12.0. The maximum Gasteiger partial charge on any atom is 0.271 e. The van der Waals surface area contributed by atoms with Crippen LogP contribution in [-0.2, 0) is 0 Å². The molecule has 0 aromatic heterocycles. The Kier molecular flexibility index (Phi) is 3.87. The maximum atomic E-state index is 12.0. The van der Waals surface area contributed by atoms with Gasteiger partial charge >= 0.3 is 0 Å². The van der Waals surface area contributed by atoms with E-state index >= 15 is 0 Å². The second kappa shape index (κ2) is 5.97. The summed E-state index contributed by atoms with van der Waals surface area (Å²) in [6, 6.07) is 12.6. The van der Waals surface area contributed by atoms with Crippen molar-refractivity contribution in [3.63, 3.8) is 0 Å². The lowest BCUT2D eigenvalue weighted by Crippen LogP contribution is -2.17. The van der Waals surface area contributed by atoms with E-state index in [1.807, 2.05) is 24.3 Å². The summed E-state index contributed by atoms with van der Waals surface area (Å²) in [7, 11) is 0. The Bertz CT molecular complexity index is 716. The van der Waals surface area contributed by atoms with Crippen LogP contribution in [0.3, 0.4) is 0 Å². The smallest absolute Gasteiger partial charge is 0.271 e. The van der Waals surface area contributed by atoms with Crippen molar-refractivity contribution < 1.29 is 14.3 Å². The summed E-state index contributed by atoms with van der Waals surface area (Å²) in [5.41, 5.74) is 3.83. The maximum absolute atomic E-state index is 12.0. The van der Waals surface area contributed by atoms with Crippen molar-refractivity contribution >= 4 is 28.1 Å². The van der Waals surface area contributed by atoms with Gasteiger partial charge in [-0.3, -0.25) is 4.79 Å². The highest BCUT2D eigenvalue weighted by Crippen LogP contribution is 2.32. The fraction of sp³-hybridized carbons (Fsp3) is 0.0667. The summed E-state index contributed by atoms with van der Waals surface area (Å²) in [5.74, 6) is 0.905. The lowest BCUT2D eigenvalue weighted by atomic mass is 10.2. The second-order valence-electron chi connectivity index (χ2n) is 4.32. The van der Waals surface area contributed by atoms with E-state index < -0.39 is 0 Å². The Morgan fingerprint density at radius 2 is 2.05 bits per heavy atom. The molecule has 0 aliphatic carbocycles. The molecule has 3 rings (SSSR count). The standard InChI is InChI=1S/C15H11BrN2O3/c16-12-3-1-2-10(6-12)8-17-18-15(19)11-4-5-13-14(7-11)21-9-20-13/h1-8H,9H2,(H,18,19)/b17-8-. The molecule has 5 nitrogen and oxygen atoms in total. The molecule has 1 aliphatic heterocycles. The Hall–Kier alpha value is -2.34. The van der Waals surface area contributed by atoms with Gasteiger partial charge < -0.3 is 9.47 Å². The zero-order valence-corrected chi connectivity index (χ0v) is 12.5. The molecule has 0 atom stereocenters. The van der Waals surface area contributed by atoms with Crippen LogP contribution in [0.5, 0.6) is 11.5 Å². The predicted octanol–water partition coefficient (Wildman–Crippen LogP) is 2.94. The van der Waals surface area contributed by atoms with Gasteiger partial charge in [0.05, 0.1) is 6.21 Å². The van der Waals surface area contributed by atoms with Gasteiger partial charge in [0.15, 0.2) is 11.5 Å². The van der Waals surface area contributed by atoms with Gasteiger partial charge in [-0.05, 0) is 35.9 Å². The number of hydrogen-bond donors (Lipinski definition) is 1. The molecule has 106 valence electrons. The summed E-state index contributed by atoms with van der Waals surface area (Å²) in [6.07, 6.45) is 1.58. The molecule has 6 heteroatoms. The third kappa shape index (κ3) is 3.22. The van der Waals surface area contributed by atoms with Gasteiger partial charge in [-0.2, -0.15) is 5.10 Å². The van der Waals surface area contributed by atoms with Crippen molar-refractivity contribution in [3.8, 4) is 11.5 Å². The monoisotopic (exact) mass is 346 g/mol. The molecule has 1 N–H and O–H groups in total. The lowest BCUT2D eigenvalue weighted by molar-refractivity contribution is 0.0954. The molecule has 0 saturated carbocycles. The number of carbonyl (C=O) groups excluding carboxylic acids is 1. The van der Waals surface area contributed by atoms with Crippen LogP contribution in [0.2, 0.25) is 0 Å². The molecule has 0 unspecified atom stereocenters. The largest absolute Gasteiger partial charge is 0.454 e. The van der Waals surface area contributed by atoms with E-state index in [1.54, 1.807) is 24.4 Å². The molecule has 0 bridgehead atoms. The highest BCUT2D eigenvalue weighted by Gasteiger charge is 2.15. The van der Waals surface area contributed by atoms with Crippen LogP contribution in [0.25, 0.3) is 0 Å². The number of fused-ring (bicyclic) bond motifs is 1. The summed E-state index contributed by atoms with van der Waals surface area (Å²) < 4.78 is 11.4. The van der Waals surface area contributed by atoms with Gasteiger partial charge in [0.25, 0.3) is 5.91 Å². The lowest BCUT2D eigenvalue weighted by Gasteiger charge is -2.01. The topological polar surface area (TPSA) is 59.9 Å². The van der Waals surface area contributed by atoms with Crippen molar-refractivity contribution in [2.24, 2.45) is 5.10 Å². The van der Waals surface area contributed by atoms with E-state index in [2.05, 4.69) is 26.5 Å². The highest BCUT2D eigenvalue weighted by atomic mass is 79.9.